The van der Waals surface area contributed by atoms with Crippen LogP contribution >= 0.6 is 0 Å². The summed E-state index contributed by atoms with van der Waals surface area (Å²) in [7, 11) is 0. The van der Waals surface area contributed by atoms with Gasteiger partial charge in [-0.1, -0.05) is 42.5 Å². The Balaban J connectivity index is 0.000000279. The van der Waals surface area contributed by atoms with E-state index in [0.29, 0.717) is 12.1 Å². The van der Waals surface area contributed by atoms with Crippen molar-refractivity contribution in [2.45, 2.75) is 12.9 Å². The third kappa shape index (κ3) is 8.08. The van der Waals surface area contributed by atoms with Crippen molar-refractivity contribution in [2.75, 3.05) is 0 Å². The second-order valence-electron chi connectivity index (χ2n) is 13.7. The topological polar surface area (TPSA) is 13.1 Å². The smallest absolute Gasteiger partial charge is 0.350 e. The molecule has 67 heavy (non-hydrogen) atoms. The number of para-hydroxylation sites is 1. The number of benzene rings is 6. The van der Waals surface area contributed by atoms with Crippen molar-refractivity contribution in [3.8, 4) is 5.88 Å². The summed E-state index contributed by atoms with van der Waals surface area (Å²) in [5, 5.41) is 0.855. The molecule has 0 bridgehead atoms. The van der Waals surface area contributed by atoms with Gasteiger partial charge in [-0.15, -0.1) is 35.0 Å². The Labute approximate surface area is 356 Å². The molecule has 352 valence electrons. The van der Waals surface area contributed by atoms with Crippen molar-refractivity contribution in [2.24, 2.45) is 0 Å². The Hall–Kier alpha value is -7.02. The molecule has 0 aliphatic carbocycles. The SMILES string of the molecule is FC(F)(F)Oc1ccc2ccccc2[n+]1Cc1ccccc1.Fc1c(F)c(F)c([B-](c2c(F)c(F)c(F)c(F)c2F)(c2c(F)c(F)c(F)c(F)c2F)c2c(F)c(F)c(F)c(F)c2F)c(F)c1F. The zero-order chi connectivity index (χ0) is 49.9. The van der Waals surface area contributed by atoms with Gasteiger partial charge >= 0.3 is 12.2 Å². The minimum atomic E-state index is -7.22. The van der Waals surface area contributed by atoms with Crippen LogP contribution in [0.3, 0.4) is 0 Å². The molecule has 0 amide bonds. The fourth-order valence-electron chi connectivity index (χ4n) is 7.26. The maximum Gasteiger partial charge on any atom is 0.577 e. The number of hydrogen-bond acceptors (Lipinski definition) is 1. The van der Waals surface area contributed by atoms with Gasteiger partial charge in [0.15, 0.2) is 76.4 Å². The Morgan fingerprint density at radius 1 is 0.343 bits per heavy atom. The quantitative estimate of drug-likeness (QED) is 0.0510. The molecular weight excluding hydrogens is 970 g/mol. The first-order valence-corrected chi connectivity index (χ1v) is 17.7. The summed E-state index contributed by atoms with van der Waals surface area (Å²) in [6, 6.07) is 19.5. The predicted molar refractivity (Wildman–Crippen MR) is 186 cm³/mol. The van der Waals surface area contributed by atoms with Gasteiger partial charge in [0.1, 0.15) is 52.7 Å². The van der Waals surface area contributed by atoms with E-state index in [2.05, 4.69) is 4.74 Å². The number of nitrogens with zero attached hydrogens (tertiary/aromatic N) is 1. The Kier molecular flexibility index (Phi) is 13.3. The molecule has 2 nitrogen and oxygen atoms in total. The molecule has 0 aliphatic rings. The Morgan fingerprint density at radius 3 is 0.940 bits per heavy atom. The van der Waals surface area contributed by atoms with E-state index in [4.69, 9.17) is 0 Å². The number of alkyl halides is 3. The van der Waals surface area contributed by atoms with Crippen LogP contribution in [-0.2, 0) is 6.54 Å². The van der Waals surface area contributed by atoms with Crippen LogP contribution in [-0.4, -0.2) is 12.5 Å². The summed E-state index contributed by atoms with van der Waals surface area (Å²) >= 11 is 0. The molecule has 0 unspecified atom stereocenters. The summed E-state index contributed by atoms with van der Waals surface area (Å²) in [4.78, 5) is 0. The van der Waals surface area contributed by atoms with E-state index in [-0.39, 0.29) is 5.88 Å². The monoisotopic (exact) mass is 983 g/mol. The van der Waals surface area contributed by atoms with Gasteiger partial charge in [0, 0.05) is 17.0 Å². The average Bonchev–Trinajstić information content (AvgIpc) is 3.29. The van der Waals surface area contributed by atoms with Crippen LogP contribution in [0.5, 0.6) is 5.88 Å². The zero-order valence-electron chi connectivity index (χ0n) is 31.7. The van der Waals surface area contributed by atoms with Crippen LogP contribution in [0.15, 0.2) is 66.7 Å². The number of pyridine rings is 1. The molecule has 0 atom stereocenters. The number of ether oxygens (including phenoxy) is 1. The fourth-order valence-corrected chi connectivity index (χ4v) is 7.26. The summed E-state index contributed by atoms with van der Waals surface area (Å²) in [6.07, 6.45) is -11.9. The van der Waals surface area contributed by atoms with E-state index in [9.17, 15) is 65.9 Å². The van der Waals surface area contributed by atoms with Gasteiger partial charge in [0.25, 0.3) is 0 Å². The Bertz CT molecular complexity index is 2740. The van der Waals surface area contributed by atoms with Crippen molar-refractivity contribution in [1.82, 2.24) is 0 Å². The van der Waals surface area contributed by atoms with E-state index < -0.39 is 151 Å². The predicted octanol–water partition coefficient (Wildman–Crippen LogP) is 9.92. The first-order chi connectivity index (χ1) is 31.2. The lowest BCUT2D eigenvalue weighted by atomic mass is 9.12. The minimum absolute atomic E-state index is 0.227. The van der Waals surface area contributed by atoms with E-state index in [1.165, 1.54) is 10.6 Å². The first kappa shape index (κ1) is 49.4. The number of halogens is 23. The standard InChI is InChI=1S/C24BF20.C17H13F3NO/c26-5-1(6(27)14(35)21(42)13(5)34)25(2-7(28)15(36)22(43)16(37)8(2)29,3-9(30)17(38)23(44)18(39)10(3)31)4-11(32)19(40)24(45)20(41)12(4)33;18-17(19,20)22-16-11-10-14-8-4-5-9-15(14)21(16)12-13-6-2-1-3-7-13/h;1-11H,12H2/q-1;+1. The lowest BCUT2D eigenvalue weighted by Gasteiger charge is -2.44. The van der Waals surface area contributed by atoms with Gasteiger partial charge in [0.05, 0.1) is 6.07 Å². The number of fused-ring (bicyclic) bond motifs is 1. The molecule has 0 fully saturated rings. The highest BCUT2D eigenvalue weighted by molar-refractivity contribution is 7.20. The second kappa shape index (κ2) is 18.0. The first-order valence-electron chi connectivity index (χ1n) is 17.7. The largest absolute Gasteiger partial charge is 0.577 e. The van der Waals surface area contributed by atoms with Crippen molar-refractivity contribution < 1.29 is 110 Å². The average molecular weight is 983 g/mol. The molecule has 0 saturated heterocycles. The molecule has 0 radical (unpaired) electrons. The number of aromatic nitrogens is 1. The zero-order valence-corrected chi connectivity index (χ0v) is 31.7. The van der Waals surface area contributed by atoms with Crippen LogP contribution in [0.25, 0.3) is 10.9 Å². The van der Waals surface area contributed by atoms with Crippen LogP contribution in [0, 0.1) is 116 Å². The summed E-state index contributed by atoms with van der Waals surface area (Å²) in [5.41, 5.74) is -12.7. The van der Waals surface area contributed by atoms with Crippen molar-refractivity contribution >= 4 is 38.9 Å². The van der Waals surface area contributed by atoms with Crippen molar-refractivity contribution in [1.29, 1.82) is 0 Å². The van der Waals surface area contributed by atoms with Crippen LogP contribution in [0.2, 0.25) is 0 Å². The van der Waals surface area contributed by atoms with Crippen LogP contribution in [0.1, 0.15) is 5.56 Å². The van der Waals surface area contributed by atoms with Gasteiger partial charge in [-0.05, 0) is 12.1 Å². The molecule has 0 spiro atoms. The molecule has 6 aromatic carbocycles. The third-order valence-electron chi connectivity index (χ3n) is 10.0. The number of hydrogen-bond donors (Lipinski definition) is 0. The third-order valence-corrected chi connectivity index (χ3v) is 10.0. The summed E-state index contributed by atoms with van der Waals surface area (Å²) in [5.74, 6) is -71.6. The lowest BCUT2D eigenvalue weighted by molar-refractivity contribution is -0.673. The van der Waals surface area contributed by atoms with Gasteiger partial charge in [-0.25, -0.2) is 87.8 Å². The van der Waals surface area contributed by atoms with Crippen LogP contribution < -0.4 is 31.2 Å². The highest BCUT2D eigenvalue weighted by Crippen LogP contribution is 2.31. The van der Waals surface area contributed by atoms with E-state index in [1.807, 2.05) is 42.5 Å². The molecule has 0 saturated carbocycles. The molecule has 0 N–H and O–H groups in total. The highest BCUT2D eigenvalue weighted by atomic mass is 19.4. The molecule has 1 heterocycles. The summed E-state index contributed by atoms with van der Waals surface area (Å²) in [6.45, 7) is 0.299. The van der Waals surface area contributed by atoms with Gasteiger partial charge in [0.2, 0.25) is 5.52 Å². The van der Waals surface area contributed by atoms with E-state index >= 15 is 35.1 Å². The molecule has 26 heteroatoms. The normalized spacial score (nSPS) is 11.9. The van der Waals surface area contributed by atoms with Crippen molar-refractivity contribution in [3.63, 3.8) is 0 Å². The second-order valence-corrected chi connectivity index (χ2v) is 13.7. The summed E-state index contributed by atoms with van der Waals surface area (Å²) < 4.78 is 338. The fraction of sp³-hybridized carbons (Fsp3) is 0.0488. The molecule has 0 aliphatic heterocycles. The van der Waals surface area contributed by atoms with Crippen LogP contribution in [0.4, 0.5) is 101 Å². The minimum Gasteiger partial charge on any atom is -0.350 e. The molecule has 1 aromatic heterocycles. The molecule has 7 aromatic rings. The molecular formula is C41H13BF23NO. The molecule has 7 rings (SSSR count). The van der Waals surface area contributed by atoms with Gasteiger partial charge in [-0.2, -0.15) is 4.57 Å². The van der Waals surface area contributed by atoms with E-state index in [0.717, 1.165) is 10.9 Å². The van der Waals surface area contributed by atoms with Crippen molar-refractivity contribution in [3.05, 3.63) is 189 Å². The highest BCUT2D eigenvalue weighted by Gasteiger charge is 2.52. The lowest BCUT2D eigenvalue weighted by Crippen LogP contribution is -2.81. The van der Waals surface area contributed by atoms with Gasteiger partial charge in [-0.3, -0.25) is 0 Å². The maximum absolute atomic E-state index is 15.4. The maximum atomic E-state index is 15.4. The number of rotatable bonds is 7. The van der Waals surface area contributed by atoms with Gasteiger partial charge < -0.3 is 4.74 Å². The van der Waals surface area contributed by atoms with E-state index in [1.54, 1.807) is 18.2 Å². The Morgan fingerprint density at radius 2 is 0.627 bits per heavy atom.